The number of pyridine rings is 1. The molecule has 1 aliphatic carbocycles. The number of nitrogens with zero attached hydrogens (tertiary/aromatic N) is 3. The van der Waals surface area contributed by atoms with Gasteiger partial charge in [0, 0.05) is 44.5 Å². The minimum absolute atomic E-state index is 0.207. The van der Waals surface area contributed by atoms with Gasteiger partial charge in [-0.05, 0) is 63.6 Å². The van der Waals surface area contributed by atoms with Crippen molar-refractivity contribution in [1.29, 1.82) is 0 Å². The third-order valence-electron chi connectivity index (χ3n) is 6.31. The van der Waals surface area contributed by atoms with Crippen LogP contribution in [0.2, 0.25) is 0 Å². The van der Waals surface area contributed by atoms with Gasteiger partial charge in [0.1, 0.15) is 0 Å². The Kier molecular flexibility index (Phi) is 5.55. The van der Waals surface area contributed by atoms with E-state index in [1.807, 2.05) is 12.3 Å². The molecule has 0 radical (unpaired) electrons. The normalized spacial score (nSPS) is 26.0. The molecule has 142 valence electrons. The van der Waals surface area contributed by atoms with E-state index in [0.29, 0.717) is 18.0 Å². The summed E-state index contributed by atoms with van der Waals surface area (Å²) in [6.45, 7) is 7.51. The minimum atomic E-state index is 0.207. The third kappa shape index (κ3) is 4.44. The Labute approximate surface area is 157 Å². The number of nitrogens with one attached hydrogen (secondary N) is 1. The molecule has 3 heterocycles. The Balaban J connectivity index is 1.26. The number of aryl methyl sites for hydroxylation is 1. The average molecular weight is 357 g/mol. The van der Waals surface area contributed by atoms with Crippen molar-refractivity contribution in [2.24, 2.45) is 5.92 Å². The zero-order chi connectivity index (χ0) is 17.9. The third-order valence-corrected chi connectivity index (χ3v) is 6.31. The molecule has 1 aromatic rings. The number of amides is 1. The maximum absolute atomic E-state index is 12.4. The molecule has 0 spiro atoms. The van der Waals surface area contributed by atoms with Crippen LogP contribution >= 0.6 is 0 Å². The van der Waals surface area contributed by atoms with Gasteiger partial charge in [-0.25, -0.2) is 0 Å². The number of hydrogen-bond donors (Lipinski definition) is 1. The summed E-state index contributed by atoms with van der Waals surface area (Å²) >= 11 is 0. The van der Waals surface area contributed by atoms with E-state index in [2.05, 4.69) is 33.1 Å². The highest BCUT2D eigenvalue weighted by Crippen LogP contribution is 2.26. The quantitative estimate of drug-likeness (QED) is 0.880. The van der Waals surface area contributed by atoms with Crippen LogP contribution in [-0.2, 0) is 11.3 Å². The molecule has 1 amide bonds. The Morgan fingerprint density at radius 2 is 2.00 bits per heavy atom. The van der Waals surface area contributed by atoms with Crippen LogP contribution in [0.1, 0.15) is 49.8 Å². The van der Waals surface area contributed by atoms with Crippen LogP contribution in [0.4, 0.5) is 0 Å². The van der Waals surface area contributed by atoms with Crippen molar-refractivity contribution in [1.82, 2.24) is 20.1 Å². The SMILES string of the molecule is Cc1cccnc1CN1CCC(N2CCCC(C(=O)NC3CC3)C2)CC1. The van der Waals surface area contributed by atoms with Gasteiger partial charge in [-0.15, -0.1) is 0 Å². The molecule has 1 unspecified atom stereocenters. The molecule has 1 N–H and O–H groups in total. The van der Waals surface area contributed by atoms with E-state index in [0.717, 1.165) is 45.6 Å². The van der Waals surface area contributed by atoms with Crippen molar-refractivity contribution in [3.8, 4) is 0 Å². The van der Waals surface area contributed by atoms with Gasteiger partial charge in [-0.3, -0.25) is 19.6 Å². The molecule has 0 bridgehead atoms. The molecular weight excluding hydrogens is 324 g/mol. The van der Waals surface area contributed by atoms with Crippen molar-refractivity contribution in [2.75, 3.05) is 26.2 Å². The van der Waals surface area contributed by atoms with E-state index < -0.39 is 0 Å². The average Bonchev–Trinajstić information content (AvgIpc) is 3.48. The van der Waals surface area contributed by atoms with Gasteiger partial charge in [-0.2, -0.15) is 0 Å². The van der Waals surface area contributed by atoms with E-state index in [1.54, 1.807) is 0 Å². The molecule has 3 aliphatic rings. The topological polar surface area (TPSA) is 48.5 Å². The fourth-order valence-electron chi connectivity index (χ4n) is 4.44. The second-order valence-electron chi connectivity index (χ2n) is 8.39. The van der Waals surface area contributed by atoms with Gasteiger partial charge in [0.2, 0.25) is 5.91 Å². The summed E-state index contributed by atoms with van der Waals surface area (Å²) in [6, 6.07) is 5.29. The van der Waals surface area contributed by atoms with Crippen LogP contribution < -0.4 is 5.32 Å². The number of carbonyl (C=O) groups is 1. The number of aromatic nitrogens is 1. The first-order valence-electron chi connectivity index (χ1n) is 10.4. The zero-order valence-corrected chi connectivity index (χ0v) is 16.0. The lowest BCUT2D eigenvalue weighted by atomic mass is 9.93. The summed E-state index contributed by atoms with van der Waals surface area (Å²) in [5.74, 6) is 0.513. The Morgan fingerprint density at radius 3 is 2.73 bits per heavy atom. The Bertz CT molecular complexity index is 622. The predicted octanol–water partition coefficient (Wildman–Crippen LogP) is 2.35. The lowest BCUT2D eigenvalue weighted by molar-refractivity contribution is -0.127. The molecule has 5 nitrogen and oxygen atoms in total. The summed E-state index contributed by atoms with van der Waals surface area (Å²) in [7, 11) is 0. The first kappa shape index (κ1) is 17.9. The largest absolute Gasteiger partial charge is 0.353 e. The molecule has 1 saturated carbocycles. The molecule has 4 rings (SSSR count). The Hall–Kier alpha value is -1.46. The van der Waals surface area contributed by atoms with Crippen molar-refractivity contribution in [2.45, 2.75) is 64.1 Å². The molecule has 26 heavy (non-hydrogen) atoms. The van der Waals surface area contributed by atoms with Crippen LogP contribution in [-0.4, -0.2) is 59.0 Å². The van der Waals surface area contributed by atoms with Gasteiger partial charge >= 0.3 is 0 Å². The number of hydrogen-bond acceptors (Lipinski definition) is 4. The van der Waals surface area contributed by atoms with E-state index in [1.165, 1.54) is 36.9 Å². The van der Waals surface area contributed by atoms with Crippen LogP contribution in [0.5, 0.6) is 0 Å². The summed E-state index contributed by atoms with van der Waals surface area (Å²) in [4.78, 5) is 22.1. The van der Waals surface area contributed by atoms with E-state index in [-0.39, 0.29) is 5.92 Å². The van der Waals surface area contributed by atoms with E-state index >= 15 is 0 Å². The summed E-state index contributed by atoms with van der Waals surface area (Å²) < 4.78 is 0. The lowest BCUT2D eigenvalue weighted by Gasteiger charge is -2.42. The smallest absolute Gasteiger partial charge is 0.224 e. The summed E-state index contributed by atoms with van der Waals surface area (Å²) in [5, 5.41) is 3.21. The number of carbonyl (C=O) groups excluding carboxylic acids is 1. The number of rotatable bonds is 5. The fourth-order valence-corrected chi connectivity index (χ4v) is 4.44. The summed E-state index contributed by atoms with van der Waals surface area (Å²) in [5.41, 5.74) is 2.50. The van der Waals surface area contributed by atoms with Crippen molar-refractivity contribution in [3.63, 3.8) is 0 Å². The molecule has 0 aromatic carbocycles. The molecule has 2 aliphatic heterocycles. The van der Waals surface area contributed by atoms with E-state index in [9.17, 15) is 4.79 Å². The van der Waals surface area contributed by atoms with Crippen LogP contribution in [0.25, 0.3) is 0 Å². The maximum Gasteiger partial charge on any atom is 0.224 e. The molecule has 2 saturated heterocycles. The van der Waals surface area contributed by atoms with Gasteiger partial charge in [0.15, 0.2) is 0 Å². The highest BCUT2D eigenvalue weighted by atomic mass is 16.2. The second-order valence-corrected chi connectivity index (χ2v) is 8.39. The predicted molar refractivity (Wildman–Crippen MR) is 103 cm³/mol. The summed E-state index contributed by atoms with van der Waals surface area (Å²) in [6.07, 6.45) is 8.90. The molecule has 1 aromatic heterocycles. The van der Waals surface area contributed by atoms with Crippen molar-refractivity contribution < 1.29 is 4.79 Å². The Morgan fingerprint density at radius 1 is 1.19 bits per heavy atom. The highest BCUT2D eigenvalue weighted by Gasteiger charge is 2.33. The van der Waals surface area contributed by atoms with Crippen LogP contribution in [0, 0.1) is 12.8 Å². The first-order chi connectivity index (χ1) is 12.7. The van der Waals surface area contributed by atoms with Crippen molar-refractivity contribution in [3.05, 3.63) is 29.6 Å². The van der Waals surface area contributed by atoms with Gasteiger partial charge in [-0.1, -0.05) is 6.07 Å². The van der Waals surface area contributed by atoms with E-state index in [4.69, 9.17) is 0 Å². The van der Waals surface area contributed by atoms with Gasteiger partial charge in [0.05, 0.1) is 11.6 Å². The zero-order valence-electron chi connectivity index (χ0n) is 16.0. The highest BCUT2D eigenvalue weighted by molar-refractivity contribution is 5.79. The molecule has 3 fully saturated rings. The van der Waals surface area contributed by atoms with Crippen molar-refractivity contribution >= 4 is 5.91 Å². The van der Waals surface area contributed by atoms with Crippen LogP contribution in [0.3, 0.4) is 0 Å². The minimum Gasteiger partial charge on any atom is -0.353 e. The van der Waals surface area contributed by atoms with Gasteiger partial charge in [0.25, 0.3) is 0 Å². The number of piperidine rings is 2. The standard InChI is InChI=1S/C21H32N4O/c1-16-4-2-10-22-20(16)15-24-12-8-19(9-13-24)25-11-3-5-17(14-25)21(26)23-18-6-7-18/h2,4,10,17-19H,3,5-9,11-15H2,1H3,(H,23,26). The molecule has 1 atom stereocenters. The maximum atomic E-state index is 12.4. The fraction of sp³-hybridized carbons (Fsp3) is 0.714. The van der Waals surface area contributed by atoms with Crippen LogP contribution in [0.15, 0.2) is 18.3 Å². The first-order valence-corrected chi connectivity index (χ1v) is 10.4. The lowest BCUT2D eigenvalue weighted by Crippen LogP contribution is -2.50. The monoisotopic (exact) mass is 356 g/mol. The number of likely N-dealkylation sites (tertiary alicyclic amines) is 2. The second kappa shape index (κ2) is 8.05. The molecular formula is C21H32N4O. The molecule has 5 heteroatoms. The van der Waals surface area contributed by atoms with Gasteiger partial charge < -0.3 is 5.32 Å².